The van der Waals surface area contributed by atoms with Gasteiger partial charge < -0.3 is 24.0 Å². The van der Waals surface area contributed by atoms with Gasteiger partial charge in [-0.2, -0.15) is 4.74 Å². The highest BCUT2D eigenvalue weighted by molar-refractivity contribution is 5.18. The SMILES string of the molecule is C=C1C[C+](OC)C1.[I-]. The van der Waals surface area contributed by atoms with Gasteiger partial charge in [-0.15, -0.1) is 0 Å². The number of hydrogen-bond donors (Lipinski definition) is 0. The Bertz CT molecular complexity index is 82.5. The van der Waals surface area contributed by atoms with Gasteiger partial charge in [0.2, 0.25) is 6.10 Å². The average Bonchev–Trinajstić information content (AvgIpc) is 1.58. The number of ether oxygens (including phenoxy) is 1. The molecule has 1 aliphatic carbocycles. The van der Waals surface area contributed by atoms with E-state index < -0.39 is 0 Å². The minimum Gasteiger partial charge on any atom is -1.00 e. The molecule has 1 fully saturated rings. The Hall–Kier alpha value is 0.300. The highest BCUT2D eigenvalue weighted by Gasteiger charge is 2.34. The summed E-state index contributed by atoms with van der Waals surface area (Å²) >= 11 is 0. The number of methoxy groups -OCH3 is 1. The van der Waals surface area contributed by atoms with E-state index in [2.05, 4.69) is 6.58 Å². The lowest BCUT2D eigenvalue weighted by Gasteiger charge is -2.11. The van der Waals surface area contributed by atoms with E-state index in [-0.39, 0.29) is 24.0 Å². The lowest BCUT2D eigenvalue weighted by atomic mass is 9.91. The number of hydrogen-bond acceptors (Lipinski definition) is 1. The second-order valence-corrected chi connectivity index (χ2v) is 1.85. The first-order valence-electron chi connectivity index (χ1n) is 2.38. The van der Waals surface area contributed by atoms with Crippen molar-refractivity contribution >= 4 is 0 Å². The van der Waals surface area contributed by atoms with Crippen molar-refractivity contribution < 1.29 is 28.7 Å². The molecule has 1 nitrogen and oxygen atoms in total. The molecule has 0 bridgehead atoms. The van der Waals surface area contributed by atoms with E-state index in [1.807, 2.05) is 0 Å². The van der Waals surface area contributed by atoms with Crippen LogP contribution in [0.4, 0.5) is 0 Å². The molecule has 0 unspecified atom stereocenters. The average molecular weight is 224 g/mol. The first-order valence-corrected chi connectivity index (χ1v) is 2.38. The monoisotopic (exact) mass is 224 g/mol. The van der Waals surface area contributed by atoms with Crippen LogP contribution in [-0.4, -0.2) is 7.11 Å². The predicted molar refractivity (Wildman–Crippen MR) is 28.6 cm³/mol. The van der Waals surface area contributed by atoms with Crippen LogP contribution in [-0.2, 0) is 4.74 Å². The largest absolute Gasteiger partial charge is 1.00 e. The van der Waals surface area contributed by atoms with Crippen LogP contribution < -0.4 is 24.0 Å². The maximum Gasteiger partial charge on any atom is 0.249 e. The van der Waals surface area contributed by atoms with Crippen LogP contribution in [0.15, 0.2) is 12.2 Å². The maximum absolute atomic E-state index is 4.91. The second kappa shape index (κ2) is 3.35. The standard InChI is InChI=1S/C6H9O.HI/c1-5-3-6(4-5)7-2;/h1,3-4H2,2H3;1H/q+1;/p-1. The zero-order valence-corrected chi connectivity index (χ0v) is 7.07. The van der Waals surface area contributed by atoms with Gasteiger partial charge in [0, 0.05) is 5.57 Å². The molecule has 1 aliphatic rings. The molecule has 0 heterocycles. The first-order chi connectivity index (χ1) is 3.33. The normalized spacial score (nSPS) is 17.1. The Morgan fingerprint density at radius 2 is 2.12 bits per heavy atom. The van der Waals surface area contributed by atoms with Gasteiger partial charge in [0.05, 0.1) is 7.11 Å². The van der Waals surface area contributed by atoms with Gasteiger partial charge in [-0.1, -0.05) is 6.58 Å². The molecule has 0 aliphatic heterocycles. The van der Waals surface area contributed by atoms with E-state index in [0.29, 0.717) is 0 Å². The van der Waals surface area contributed by atoms with Crippen molar-refractivity contribution in [3.8, 4) is 0 Å². The predicted octanol–water partition coefficient (Wildman–Crippen LogP) is -1.48. The van der Waals surface area contributed by atoms with E-state index in [9.17, 15) is 0 Å². The highest BCUT2D eigenvalue weighted by atomic mass is 127. The van der Waals surface area contributed by atoms with Crippen LogP contribution >= 0.6 is 0 Å². The summed E-state index contributed by atoms with van der Waals surface area (Å²) in [6, 6.07) is 0. The molecule has 0 N–H and O–H groups in total. The van der Waals surface area contributed by atoms with Crippen LogP contribution in [0.25, 0.3) is 0 Å². The summed E-state index contributed by atoms with van der Waals surface area (Å²) in [6.45, 7) is 3.76. The van der Waals surface area contributed by atoms with Gasteiger partial charge in [-0.05, 0) is 0 Å². The van der Waals surface area contributed by atoms with Crippen molar-refractivity contribution in [1.82, 2.24) is 0 Å². The summed E-state index contributed by atoms with van der Waals surface area (Å²) in [4.78, 5) is 0. The summed E-state index contributed by atoms with van der Waals surface area (Å²) in [5.41, 5.74) is 1.29. The summed E-state index contributed by atoms with van der Waals surface area (Å²) < 4.78 is 4.91. The van der Waals surface area contributed by atoms with E-state index in [1.165, 1.54) is 11.7 Å². The van der Waals surface area contributed by atoms with E-state index >= 15 is 0 Å². The molecule has 1 rings (SSSR count). The second-order valence-electron chi connectivity index (χ2n) is 1.85. The molecule has 2 heteroatoms. The van der Waals surface area contributed by atoms with Crippen molar-refractivity contribution in [2.24, 2.45) is 0 Å². The minimum absolute atomic E-state index is 0. The molecular formula is C6H9IO. The van der Waals surface area contributed by atoms with Crippen molar-refractivity contribution in [3.63, 3.8) is 0 Å². The van der Waals surface area contributed by atoms with Crippen molar-refractivity contribution in [2.75, 3.05) is 7.11 Å². The lowest BCUT2D eigenvalue weighted by Crippen LogP contribution is -3.00. The maximum atomic E-state index is 4.91. The molecule has 46 valence electrons. The van der Waals surface area contributed by atoms with Crippen LogP contribution in [0.2, 0.25) is 0 Å². The molecule has 1 saturated carbocycles. The topological polar surface area (TPSA) is 9.23 Å². The Labute approximate surface area is 67.1 Å². The Kier molecular flexibility index (Phi) is 3.48. The van der Waals surface area contributed by atoms with Gasteiger partial charge in [0.1, 0.15) is 12.8 Å². The van der Waals surface area contributed by atoms with Crippen molar-refractivity contribution in [1.29, 1.82) is 0 Å². The molecule has 0 aromatic heterocycles. The Balaban J connectivity index is 0.000000490. The molecule has 8 heavy (non-hydrogen) atoms. The highest BCUT2D eigenvalue weighted by Crippen LogP contribution is 2.33. The van der Waals surface area contributed by atoms with Gasteiger partial charge >= 0.3 is 0 Å². The zero-order valence-electron chi connectivity index (χ0n) is 4.91. The third kappa shape index (κ3) is 1.67. The van der Waals surface area contributed by atoms with Crippen LogP contribution in [0.5, 0.6) is 0 Å². The number of rotatable bonds is 1. The molecule has 0 saturated heterocycles. The fourth-order valence-corrected chi connectivity index (χ4v) is 0.650. The molecule has 0 aromatic carbocycles. The molecular weight excluding hydrogens is 215 g/mol. The minimum atomic E-state index is 0. The summed E-state index contributed by atoms with van der Waals surface area (Å²) in [5.74, 6) is 0. The third-order valence-electron chi connectivity index (χ3n) is 1.18. The van der Waals surface area contributed by atoms with Crippen molar-refractivity contribution in [3.05, 3.63) is 18.3 Å². The van der Waals surface area contributed by atoms with Crippen molar-refractivity contribution in [2.45, 2.75) is 12.8 Å². The van der Waals surface area contributed by atoms with E-state index in [0.717, 1.165) is 12.8 Å². The van der Waals surface area contributed by atoms with Gasteiger partial charge in [0.25, 0.3) is 0 Å². The summed E-state index contributed by atoms with van der Waals surface area (Å²) in [6.07, 6.45) is 3.16. The molecule has 0 radical (unpaired) electrons. The Morgan fingerprint density at radius 3 is 2.25 bits per heavy atom. The van der Waals surface area contributed by atoms with Crippen LogP contribution in [0.3, 0.4) is 0 Å². The molecule has 0 atom stereocenters. The van der Waals surface area contributed by atoms with Crippen LogP contribution in [0.1, 0.15) is 12.8 Å². The molecule has 0 amide bonds. The lowest BCUT2D eigenvalue weighted by molar-refractivity contribution is -0.00000257. The third-order valence-corrected chi connectivity index (χ3v) is 1.18. The van der Waals surface area contributed by atoms with Crippen LogP contribution in [0, 0.1) is 6.10 Å². The van der Waals surface area contributed by atoms with Gasteiger partial charge in [-0.25, -0.2) is 0 Å². The zero-order chi connectivity index (χ0) is 5.28. The number of halogens is 1. The quantitative estimate of drug-likeness (QED) is 0.300. The first kappa shape index (κ1) is 8.30. The fourth-order valence-electron chi connectivity index (χ4n) is 0.650. The van der Waals surface area contributed by atoms with Gasteiger partial charge in [0.15, 0.2) is 0 Å². The molecule has 0 spiro atoms. The molecule has 0 aromatic rings. The summed E-state index contributed by atoms with van der Waals surface area (Å²) in [5, 5.41) is 0. The Morgan fingerprint density at radius 1 is 1.62 bits per heavy atom. The summed E-state index contributed by atoms with van der Waals surface area (Å²) in [7, 11) is 1.71. The smallest absolute Gasteiger partial charge is 0.249 e. The van der Waals surface area contributed by atoms with E-state index in [4.69, 9.17) is 4.74 Å². The van der Waals surface area contributed by atoms with Gasteiger partial charge in [-0.3, -0.25) is 0 Å². The fraction of sp³-hybridized carbons (Fsp3) is 0.500. The van der Waals surface area contributed by atoms with E-state index in [1.54, 1.807) is 7.11 Å².